The summed E-state index contributed by atoms with van der Waals surface area (Å²) in [5.41, 5.74) is 0. The van der Waals surface area contributed by atoms with Crippen molar-refractivity contribution in [2.45, 2.75) is 19.3 Å². The topological polar surface area (TPSA) is 9.23 Å². The molecule has 0 amide bonds. The Balaban J connectivity index is 1.86. The van der Waals surface area contributed by atoms with E-state index in [2.05, 4.69) is 0 Å². The summed E-state index contributed by atoms with van der Waals surface area (Å²) in [6.07, 6.45) is 4.18. The lowest BCUT2D eigenvalue weighted by Crippen LogP contribution is -1.94. The Bertz CT molecular complexity index is 80.4. The first-order valence-electron chi connectivity index (χ1n) is 3.42. The van der Waals surface area contributed by atoms with Crippen molar-refractivity contribution in [2.24, 2.45) is 11.8 Å². The minimum atomic E-state index is 0.829. The molecular weight excluding hydrogens is 100 g/mol. The molecule has 2 aliphatic rings. The van der Waals surface area contributed by atoms with E-state index in [1.807, 2.05) is 6.61 Å². The molecule has 1 heteroatoms. The normalized spacial score (nSPS) is 37.2. The zero-order chi connectivity index (χ0) is 5.40. The molecular formula is C7H11O+. The lowest BCUT2D eigenvalue weighted by atomic mass is 10.0. The summed E-state index contributed by atoms with van der Waals surface area (Å²) < 4.78 is 5.13. The fraction of sp³-hybridized carbons (Fsp3) is 0.857. The molecule has 44 valence electrons. The molecule has 1 saturated carbocycles. The standard InChI is InChI=1S/C7H11O/c1-2-6(1)7-3-4-8-5-7/h5-7H,1-4H2/q+1. The van der Waals surface area contributed by atoms with Crippen LogP contribution in [0.2, 0.25) is 0 Å². The highest BCUT2D eigenvalue weighted by Gasteiger charge is 2.40. The van der Waals surface area contributed by atoms with E-state index in [0.29, 0.717) is 0 Å². The molecule has 2 fully saturated rings. The van der Waals surface area contributed by atoms with Crippen molar-refractivity contribution in [3.8, 4) is 0 Å². The van der Waals surface area contributed by atoms with Gasteiger partial charge in [0.05, 0.1) is 0 Å². The highest BCUT2D eigenvalue weighted by atomic mass is 16.5. The first-order chi connectivity index (χ1) is 3.97. The molecule has 0 aromatic rings. The van der Waals surface area contributed by atoms with E-state index in [9.17, 15) is 0 Å². The molecule has 0 radical (unpaired) electrons. The average molecular weight is 111 g/mol. The van der Waals surface area contributed by atoms with Gasteiger partial charge in [0, 0.05) is 12.3 Å². The van der Waals surface area contributed by atoms with E-state index in [1.54, 1.807) is 0 Å². The summed E-state index contributed by atoms with van der Waals surface area (Å²) in [5, 5.41) is 0. The third-order valence-electron chi connectivity index (χ3n) is 2.07. The van der Waals surface area contributed by atoms with Gasteiger partial charge in [0.25, 0.3) is 0 Å². The van der Waals surface area contributed by atoms with E-state index in [4.69, 9.17) is 4.74 Å². The molecule has 0 aromatic carbocycles. The van der Waals surface area contributed by atoms with Crippen molar-refractivity contribution in [3.05, 3.63) is 6.61 Å². The maximum Gasteiger partial charge on any atom is 0.230 e. The van der Waals surface area contributed by atoms with Crippen LogP contribution in [-0.2, 0) is 4.74 Å². The van der Waals surface area contributed by atoms with Crippen LogP contribution in [0.5, 0.6) is 0 Å². The zero-order valence-corrected chi connectivity index (χ0v) is 4.97. The fourth-order valence-corrected chi connectivity index (χ4v) is 1.33. The van der Waals surface area contributed by atoms with Crippen LogP contribution in [0, 0.1) is 18.4 Å². The van der Waals surface area contributed by atoms with Crippen LogP contribution < -0.4 is 0 Å². The maximum absolute atomic E-state index is 5.13. The van der Waals surface area contributed by atoms with Gasteiger partial charge in [-0.05, 0) is 12.8 Å². The van der Waals surface area contributed by atoms with Gasteiger partial charge < -0.3 is 0 Å². The predicted octanol–water partition coefficient (Wildman–Crippen LogP) is 1.59. The zero-order valence-electron chi connectivity index (χ0n) is 4.97. The van der Waals surface area contributed by atoms with E-state index in [0.717, 1.165) is 18.4 Å². The Morgan fingerprint density at radius 3 is 2.62 bits per heavy atom. The summed E-state index contributed by atoms with van der Waals surface area (Å²) >= 11 is 0. The van der Waals surface area contributed by atoms with E-state index in [-0.39, 0.29) is 0 Å². The molecule has 1 aliphatic heterocycles. The highest BCUT2D eigenvalue weighted by molar-refractivity contribution is 4.88. The van der Waals surface area contributed by atoms with E-state index in [1.165, 1.54) is 19.3 Å². The smallest absolute Gasteiger partial charge is 0.196 e. The summed E-state index contributed by atoms with van der Waals surface area (Å²) in [6.45, 7) is 3.01. The molecule has 1 saturated heterocycles. The Labute approximate surface area is 50.0 Å². The second-order valence-corrected chi connectivity index (χ2v) is 2.80. The Morgan fingerprint density at radius 1 is 1.25 bits per heavy atom. The van der Waals surface area contributed by atoms with Crippen molar-refractivity contribution in [1.82, 2.24) is 0 Å². The molecule has 1 unspecified atom stereocenters. The lowest BCUT2D eigenvalue weighted by molar-refractivity contribution is 0.246. The van der Waals surface area contributed by atoms with Gasteiger partial charge in [-0.15, -0.1) is 0 Å². The summed E-state index contributed by atoms with van der Waals surface area (Å²) in [7, 11) is 0. The lowest BCUT2D eigenvalue weighted by Gasteiger charge is -1.90. The van der Waals surface area contributed by atoms with Crippen molar-refractivity contribution >= 4 is 0 Å². The van der Waals surface area contributed by atoms with Crippen molar-refractivity contribution < 1.29 is 4.74 Å². The van der Waals surface area contributed by atoms with Crippen molar-refractivity contribution in [3.63, 3.8) is 0 Å². The number of hydrogen-bond donors (Lipinski definition) is 0. The van der Waals surface area contributed by atoms with Gasteiger partial charge in [0.15, 0.2) is 0 Å². The van der Waals surface area contributed by atoms with Crippen molar-refractivity contribution in [1.29, 1.82) is 0 Å². The SMILES string of the molecule is [CH+]1OCCC1C1CC1. The number of ether oxygens (including phenoxy) is 1. The number of rotatable bonds is 1. The first-order valence-corrected chi connectivity index (χ1v) is 3.42. The van der Waals surface area contributed by atoms with Crippen LogP contribution in [-0.4, -0.2) is 6.61 Å². The first kappa shape index (κ1) is 4.68. The summed E-state index contributed by atoms with van der Waals surface area (Å²) in [6, 6.07) is 0. The Kier molecular flexibility index (Phi) is 0.971. The van der Waals surface area contributed by atoms with E-state index < -0.39 is 0 Å². The third kappa shape index (κ3) is 0.711. The quantitative estimate of drug-likeness (QED) is 0.467. The van der Waals surface area contributed by atoms with Gasteiger partial charge in [-0.1, -0.05) is 0 Å². The van der Waals surface area contributed by atoms with E-state index >= 15 is 0 Å². The molecule has 0 spiro atoms. The molecule has 8 heavy (non-hydrogen) atoms. The molecule has 0 bridgehead atoms. The maximum atomic E-state index is 5.13. The predicted molar refractivity (Wildman–Crippen MR) is 31.1 cm³/mol. The average Bonchev–Trinajstić information content (AvgIpc) is 2.49. The van der Waals surface area contributed by atoms with Crippen LogP contribution in [0.1, 0.15) is 19.3 Å². The minimum absolute atomic E-state index is 0.829. The largest absolute Gasteiger partial charge is 0.230 e. The van der Waals surface area contributed by atoms with Gasteiger partial charge in [0.1, 0.15) is 12.5 Å². The Hall–Kier alpha value is -0.170. The molecule has 1 heterocycles. The van der Waals surface area contributed by atoms with Crippen LogP contribution in [0.4, 0.5) is 0 Å². The molecule has 0 N–H and O–H groups in total. The van der Waals surface area contributed by atoms with Gasteiger partial charge in [-0.2, -0.15) is 4.74 Å². The monoisotopic (exact) mass is 111 g/mol. The van der Waals surface area contributed by atoms with Crippen LogP contribution in [0.3, 0.4) is 0 Å². The third-order valence-corrected chi connectivity index (χ3v) is 2.07. The van der Waals surface area contributed by atoms with Crippen molar-refractivity contribution in [2.75, 3.05) is 6.61 Å². The molecule has 1 nitrogen and oxygen atoms in total. The summed E-state index contributed by atoms with van der Waals surface area (Å²) in [4.78, 5) is 0. The second-order valence-electron chi connectivity index (χ2n) is 2.80. The minimum Gasteiger partial charge on any atom is -0.196 e. The molecule has 0 aromatic heterocycles. The molecule has 1 aliphatic carbocycles. The Morgan fingerprint density at radius 2 is 2.12 bits per heavy atom. The van der Waals surface area contributed by atoms with Gasteiger partial charge in [-0.3, -0.25) is 0 Å². The van der Waals surface area contributed by atoms with Crippen LogP contribution in [0.25, 0.3) is 0 Å². The van der Waals surface area contributed by atoms with Gasteiger partial charge >= 0.3 is 0 Å². The molecule has 2 rings (SSSR count). The van der Waals surface area contributed by atoms with Gasteiger partial charge in [0.2, 0.25) is 6.61 Å². The van der Waals surface area contributed by atoms with Gasteiger partial charge in [-0.25, -0.2) is 0 Å². The molecule has 1 atom stereocenters. The van der Waals surface area contributed by atoms with Crippen LogP contribution in [0.15, 0.2) is 0 Å². The van der Waals surface area contributed by atoms with Crippen LogP contribution >= 0.6 is 0 Å². The number of hydrogen-bond acceptors (Lipinski definition) is 1. The summed E-state index contributed by atoms with van der Waals surface area (Å²) in [5.74, 6) is 1.84. The second kappa shape index (κ2) is 1.66. The highest BCUT2D eigenvalue weighted by Crippen LogP contribution is 2.42. The fourth-order valence-electron chi connectivity index (χ4n) is 1.33.